The van der Waals surface area contributed by atoms with Crippen molar-refractivity contribution in [3.8, 4) is 0 Å². The fourth-order valence-corrected chi connectivity index (χ4v) is 4.22. The number of halogens is 3. The molecule has 0 amide bonds. The van der Waals surface area contributed by atoms with Crippen LogP contribution < -0.4 is 16.0 Å². The molecule has 174 valence electrons. The van der Waals surface area contributed by atoms with Crippen molar-refractivity contribution in [1.82, 2.24) is 15.3 Å². The maximum absolute atomic E-state index is 12.4. The number of rotatable bonds is 10. The van der Waals surface area contributed by atoms with E-state index in [9.17, 15) is 18.9 Å². The molecule has 0 atom stereocenters. The van der Waals surface area contributed by atoms with Crippen LogP contribution in [-0.2, 0) is 6.54 Å². The summed E-state index contributed by atoms with van der Waals surface area (Å²) < 4.78 is 25.7. The minimum atomic E-state index is -2.34. The average molecular weight is 513 g/mol. The topological polar surface area (TPSA) is 105 Å². The highest BCUT2D eigenvalue weighted by molar-refractivity contribution is 9.10. The quantitative estimate of drug-likeness (QED) is 0.307. The van der Waals surface area contributed by atoms with E-state index < -0.39 is 11.3 Å². The number of anilines is 2. The fraction of sp³-hybridized carbons (Fsp3) is 0.524. The number of hydrogen-bond acceptors (Lipinski definition) is 7. The van der Waals surface area contributed by atoms with Crippen molar-refractivity contribution in [1.29, 1.82) is 0 Å². The highest BCUT2D eigenvalue weighted by Gasteiger charge is 2.23. The second-order valence-corrected chi connectivity index (χ2v) is 8.81. The van der Waals surface area contributed by atoms with Gasteiger partial charge in [-0.1, -0.05) is 28.1 Å². The number of benzene rings is 1. The van der Waals surface area contributed by atoms with Gasteiger partial charge in [0, 0.05) is 23.6 Å². The standard InChI is InChI=1S/C21H27BrF2N6O2/c1-13-15(3-2-4-17(13)22)10-27-21-28-11-18(30(31)32)20(29-21)26-9-14-5-7-16(8-6-14)25-12-19(23)24/h2-4,11,14,16,19,25H,5-10,12H2,1H3,(H2,26,27,28,29)/t14-,16-. The van der Waals surface area contributed by atoms with Gasteiger partial charge >= 0.3 is 5.69 Å². The second-order valence-electron chi connectivity index (χ2n) is 7.96. The zero-order valence-corrected chi connectivity index (χ0v) is 19.4. The van der Waals surface area contributed by atoms with E-state index >= 15 is 0 Å². The molecular formula is C21H27BrF2N6O2. The molecule has 0 aliphatic heterocycles. The molecule has 3 N–H and O–H groups in total. The summed E-state index contributed by atoms with van der Waals surface area (Å²) in [5, 5.41) is 20.5. The van der Waals surface area contributed by atoms with Gasteiger partial charge in [0.2, 0.25) is 11.8 Å². The lowest BCUT2D eigenvalue weighted by Crippen LogP contribution is -2.37. The molecule has 32 heavy (non-hydrogen) atoms. The Morgan fingerprint density at radius 3 is 2.69 bits per heavy atom. The summed E-state index contributed by atoms with van der Waals surface area (Å²) in [6.45, 7) is 2.74. The van der Waals surface area contributed by atoms with Crippen LogP contribution in [0.5, 0.6) is 0 Å². The third-order valence-electron chi connectivity index (χ3n) is 5.75. The maximum atomic E-state index is 12.4. The molecule has 0 saturated heterocycles. The third kappa shape index (κ3) is 6.80. The van der Waals surface area contributed by atoms with Crippen LogP contribution in [-0.4, -0.2) is 40.4 Å². The van der Waals surface area contributed by atoms with E-state index in [1.807, 2.05) is 25.1 Å². The molecule has 0 spiro atoms. The van der Waals surface area contributed by atoms with Crippen molar-refractivity contribution in [2.45, 2.75) is 51.6 Å². The Kier molecular flexibility index (Phi) is 8.68. The largest absolute Gasteiger partial charge is 0.364 e. The van der Waals surface area contributed by atoms with Gasteiger partial charge in [0.05, 0.1) is 11.5 Å². The Hall–Kier alpha value is -2.40. The molecular weight excluding hydrogens is 486 g/mol. The lowest BCUT2D eigenvalue weighted by molar-refractivity contribution is -0.384. The number of nitro groups is 1. The van der Waals surface area contributed by atoms with E-state index in [1.165, 1.54) is 6.20 Å². The molecule has 1 aliphatic rings. The summed E-state index contributed by atoms with van der Waals surface area (Å²) in [7, 11) is 0. The molecule has 1 heterocycles. The number of aromatic nitrogens is 2. The summed E-state index contributed by atoms with van der Waals surface area (Å²) in [6, 6.07) is 6.00. The van der Waals surface area contributed by atoms with Crippen LogP contribution in [0.3, 0.4) is 0 Å². The van der Waals surface area contributed by atoms with Gasteiger partial charge in [0.15, 0.2) is 0 Å². The molecule has 11 heteroatoms. The van der Waals surface area contributed by atoms with Crippen LogP contribution in [0.15, 0.2) is 28.9 Å². The van der Waals surface area contributed by atoms with Crippen LogP contribution >= 0.6 is 15.9 Å². The Bertz CT molecular complexity index is 925. The van der Waals surface area contributed by atoms with E-state index in [0.717, 1.165) is 41.3 Å². The molecule has 1 aliphatic carbocycles. The normalized spacial score (nSPS) is 18.5. The van der Waals surface area contributed by atoms with Gasteiger partial charge in [-0.05, 0) is 55.7 Å². The van der Waals surface area contributed by atoms with E-state index in [4.69, 9.17) is 0 Å². The van der Waals surface area contributed by atoms with Crippen molar-refractivity contribution in [2.75, 3.05) is 23.7 Å². The van der Waals surface area contributed by atoms with Gasteiger partial charge in [-0.25, -0.2) is 13.8 Å². The van der Waals surface area contributed by atoms with E-state index in [1.54, 1.807) is 0 Å². The van der Waals surface area contributed by atoms with Gasteiger partial charge < -0.3 is 16.0 Å². The summed E-state index contributed by atoms with van der Waals surface area (Å²) in [5.74, 6) is 0.781. The molecule has 0 radical (unpaired) electrons. The van der Waals surface area contributed by atoms with E-state index in [2.05, 4.69) is 41.8 Å². The minimum Gasteiger partial charge on any atom is -0.364 e. The predicted octanol–water partition coefficient (Wildman–Crippen LogP) is 4.89. The maximum Gasteiger partial charge on any atom is 0.329 e. The highest BCUT2D eigenvalue weighted by Crippen LogP contribution is 2.27. The molecule has 2 aromatic rings. The van der Waals surface area contributed by atoms with Gasteiger partial charge in [-0.2, -0.15) is 4.98 Å². The van der Waals surface area contributed by atoms with E-state index in [0.29, 0.717) is 25.0 Å². The van der Waals surface area contributed by atoms with E-state index in [-0.39, 0.29) is 24.1 Å². The Morgan fingerprint density at radius 1 is 1.25 bits per heavy atom. The van der Waals surface area contributed by atoms with Crippen LogP contribution in [0.1, 0.15) is 36.8 Å². The monoisotopic (exact) mass is 512 g/mol. The molecule has 8 nitrogen and oxygen atoms in total. The lowest BCUT2D eigenvalue weighted by Gasteiger charge is -2.29. The number of nitrogens with one attached hydrogen (secondary N) is 3. The van der Waals surface area contributed by atoms with Crippen molar-refractivity contribution < 1.29 is 13.7 Å². The molecule has 1 aromatic heterocycles. The zero-order valence-electron chi connectivity index (χ0n) is 17.8. The predicted molar refractivity (Wildman–Crippen MR) is 123 cm³/mol. The van der Waals surface area contributed by atoms with Gasteiger partial charge in [-0.15, -0.1) is 0 Å². The average Bonchev–Trinajstić information content (AvgIpc) is 2.77. The Balaban J connectivity index is 1.58. The first kappa shape index (κ1) is 24.2. The van der Waals surface area contributed by atoms with Crippen molar-refractivity contribution >= 4 is 33.4 Å². The smallest absolute Gasteiger partial charge is 0.329 e. The third-order valence-corrected chi connectivity index (χ3v) is 6.61. The van der Waals surface area contributed by atoms with Crippen molar-refractivity contribution in [3.05, 3.63) is 50.1 Å². The van der Waals surface area contributed by atoms with Gasteiger partial charge in [0.25, 0.3) is 6.43 Å². The molecule has 0 unspecified atom stereocenters. The minimum absolute atomic E-state index is 0.103. The summed E-state index contributed by atoms with van der Waals surface area (Å²) in [5.41, 5.74) is 1.98. The van der Waals surface area contributed by atoms with Crippen LogP contribution in [0, 0.1) is 23.0 Å². The molecule has 1 fully saturated rings. The first-order valence-electron chi connectivity index (χ1n) is 10.6. The van der Waals surface area contributed by atoms with Crippen LogP contribution in [0.2, 0.25) is 0 Å². The first-order valence-corrected chi connectivity index (χ1v) is 11.4. The van der Waals surface area contributed by atoms with Crippen LogP contribution in [0.25, 0.3) is 0 Å². The first-order chi connectivity index (χ1) is 15.3. The van der Waals surface area contributed by atoms with Crippen molar-refractivity contribution in [3.63, 3.8) is 0 Å². The Labute approximate surface area is 193 Å². The number of nitrogens with zero attached hydrogens (tertiary/aromatic N) is 3. The lowest BCUT2D eigenvalue weighted by atomic mass is 9.86. The SMILES string of the molecule is Cc1c(Br)cccc1CNc1ncc([N+](=O)[O-])c(NC[C@H]2CC[C@H](NCC(F)F)CC2)n1. The van der Waals surface area contributed by atoms with Gasteiger partial charge in [-0.3, -0.25) is 10.1 Å². The molecule has 1 saturated carbocycles. The summed E-state index contributed by atoms with van der Waals surface area (Å²) in [6.07, 6.45) is 2.20. The molecule has 3 rings (SSSR count). The summed E-state index contributed by atoms with van der Waals surface area (Å²) >= 11 is 3.50. The number of hydrogen-bond donors (Lipinski definition) is 3. The van der Waals surface area contributed by atoms with Crippen molar-refractivity contribution in [2.24, 2.45) is 5.92 Å². The zero-order chi connectivity index (χ0) is 23.1. The number of alkyl halides is 2. The molecule has 0 bridgehead atoms. The summed E-state index contributed by atoms with van der Waals surface area (Å²) in [4.78, 5) is 19.3. The molecule has 1 aromatic carbocycles. The Morgan fingerprint density at radius 2 is 2.00 bits per heavy atom. The van der Waals surface area contributed by atoms with Crippen LogP contribution in [0.4, 0.5) is 26.2 Å². The van der Waals surface area contributed by atoms with Gasteiger partial charge in [0.1, 0.15) is 6.20 Å². The highest BCUT2D eigenvalue weighted by atomic mass is 79.9. The second kappa shape index (κ2) is 11.5. The fourth-order valence-electron chi connectivity index (χ4n) is 3.81.